The Balaban J connectivity index is 1.44. The maximum atomic E-state index is 12.9. The summed E-state index contributed by atoms with van der Waals surface area (Å²) in [4.78, 5) is 25.8. The van der Waals surface area contributed by atoms with E-state index in [0.717, 1.165) is 22.6 Å². The van der Waals surface area contributed by atoms with Crippen LogP contribution in [-0.4, -0.2) is 31.4 Å². The minimum Gasteiger partial charge on any atom is -0.485 e. The predicted molar refractivity (Wildman–Crippen MR) is 135 cm³/mol. The van der Waals surface area contributed by atoms with Crippen molar-refractivity contribution in [3.63, 3.8) is 0 Å². The largest absolute Gasteiger partial charge is 0.485 e. The van der Waals surface area contributed by atoms with Gasteiger partial charge in [0.15, 0.2) is 5.76 Å². The molecule has 0 unspecified atom stereocenters. The molecule has 3 aromatic heterocycles. The summed E-state index contributed by atoms with van der Waals surface area (Å²) in [6.45, 7) is 8.25. The normalized spacial score (nSPS) is 11.1. The van der Waals surface area contributed by atoms with E-state index in [0.29, 0.717) is 17.4 Å². The summed E-state index contributed by atoms with van der Waals surface area (Å²) in [5.74, 6) is 0.787. The third-order valence-corrected chi connectivity index (χ3v) is 5.93. The number of carbonyl (C=O) groups excluding carboxylic acids is 2. The van der Waals surface area contributed by atoms with Gasteiger partial charge in [0.1, 0.15) is 23.8 Å². The Kier molecular flexibility index (Phi) is 6.96. The van der Waals surface area contributed by atoms with Crippen LogP contribution in [0.25, 0.3) is 0 Å². The molecule has 0 aliphatic carbocycles. The number of carbonyl (C=O) groups is 2. The number of nitrogens with zero attached hydrogens (tertiary/aromatic N) is 4. The Morgan fingerprint density at radius 3 is 2.36 bits per heavy atom. The highest BCUT2D eigenvalue weighted by atomic mass is 16.5. The molecule has 3 heterocycles. The molecular formula is C26H30N6O4. The zero-order chi connectivity index (χ0) is 26.0. The monoisotopic (exact) mass is 490 g/mol. The molecule has 0 bridgehead atoms. The first-order valence-electron chi connectivity index (χ1n) is 11.6. The molecule has 36 heavy (non-hydrogen) atoms. The molecule has 0 aliphatic heterocycles. The molecule has 2 N–H and O–H groups in total. The third kappa shape index (κ3) is 5.17. The van der Waals surface area contributed by atoms with Gasteiger partial charge in [-0.15, -0.1) is 0 Å². The van der Waals surface area contributed by atoms with Crippen LogP contribution < -0.4 is 15.4 Å². The number of furan rings is 1. The van der Waals surface area contributed by atoms with Gasteiger partial charge in [-0.25, -0.2) is 0 Å². The van der Waals surface area contributed by atoms with E-state index in [1.165, 1.54) is 10.9 Å². The van der Waals surface area contributed by atoms with Crippen LogP contribution in [0.5, 0.6) is 5.75 Å². The van der Waals surface area contributed by atoms with Gasteiger partial charge in [0, 0.05) is 14.1 Å². The number of nitrogens with one attached hydrogen (secondary N) is 2. The van der Waals surface area contributed by atoms with Gasteiger partial charge in [0.25, 0.3) is 11.8 Å². The van der Waals surface area contributed by atoms with Gasteiger partial charge in [-0.3, -0.25) is 19.0 Å². The van der Waals surface area contributed by atoms with Crippen LogP contribution in [0.3, 0.4) is 0 Å². The molecular weight excluding hydrogens is 460 g/mol. The van der Waals surface area contributed by atoms with E-state index < -0.39 is 11.8 Å². The second-order valence-electron chi connectivity index (χ2n) is 8.96. The van der Waals surface area contributed by atoms with E-state index in [2.05, 4.69) is 46.8 Å². The summed E-state index contributed by atoms with van der Waals surface area (Å²) in [6.07, 6.45) is 2.98. The summed E-state index contributed by atoms with van der Waals surface area (Å²) in [7, 11) is 3.41. The smallest absolute Gasteiger partial charge is 0.291 e. The quantitative estimate of drug-likeness (QED) is 0.374. The number of amides is 2. The first-order valence-corrected chi connectivity index (χ1v) is 11.6. The Morgan fingerprint density at radius 2 is 1.67 bits per heavy atom. The standard InChI is InChI=1S/C26H30N6O4/c1-15(2)19-9-7-16(3)11-23(19)35-14-18-8-10-22(36-18)25(33)30-21-13-28-32(6)24(21)26(34)29-20-12-27-31(5)17(20)4/h7-13,15H,14H2,1-6H3,(H,29,34)(H,30,33). The lowest BCUT2D eigenvalue weighted by atomic mass is 10.0. The van der Waals surface area contributed by atoms with E-state index >= 15 is 0 Å². The van der Waals surface area contributed by atoms with Crippen LogP contribution in [0.2, 0.25) is 0 Å². The number of rotatable bonds is 8. The van der Waals surface area contributed by atoms with Crippen molar-refractivity contribution in [2.24, 2.45) is 14.1 Å². The Labute approximate surface area is 209 Å². The number of aromatic nitrogens is 4. The van der Waals surface area contributed by atoms with Crippen LogP contribution in [0.4, 0.5) is 11.4 Å². The zero-order valence-corrected chi connectivity index (χ0v) is 21.2. The fourth-order valence-corrected chi connectivity index (χ4v) is 3.76. The van der Waals surface area contributed by atoms with Gasteiger partial charge in [-0.05, 0) is 49.1 Å². The lowest BCUT2D eigenvalue weighted by Crippen LogP contribution is -2.20. The lowest BCUT2D eigenvalue weighted by Gasteiger charge is -2.14. The molecule has 2 amide bonds. The van der Waals surface area contributed by atoms with Crippen molar-refractivity contribution in [3.05, 3.63) is 76.8 Å². The van der Waals surface area contributed by atoms with Crippen molar-refractivity contribution in [3.8, 4) is 5.75 Å². The highest BCUT2D eigenvalue weighted by Crippen LogP contribution is 2.28. The SMILES string of the molecule is Cc1ccc(C(C)C)c(OCc2ccc(C(=O)Nc3cnn(C)c3C(=O)Nc3cnn(C)c3C)o2)c1. The van der Waals surface area contributed by atoms with Gasteiger partial charge in [0.05, 0.1) is 29.5 Å². The predicted octanol–water partition coefficient (Wildman–Crippen LogP) is 4.57. The minimum absolute atomic E-state index is 0.0974. The average molecular weight is 491 g/mol. The van der Waals surface area contributed by atoms with Crippen molar-refractivity contribution in [1.29, 1.82) is 0 Å². The zero-order valence-electron chi connectivity index (χ0n) is 21.2. The van der Waals surface area contributed by atoms with Crippen LogP contribution >= 0.6 is 0 Å². The minimum atomic E-state index is -0.501. The molecule has 4 aromatic rings. The summed E-state index contributed by atoms with van der Waals surface area (Å²) >= 11 is 0. The van der Waals surface area contributed by atoms with Crippen molar-refractivity contribution >= 4 is 23.2 Å². The van der Waals surface area contributed by atoms with Crippen LogP contribution in [0.1, 0.15) is 63.4 Å². The number of hydrogen-bond acceptors (Lipinski definition) is 6. The number of anilines is 2. The van der Waals surface area contributed by atoms with Crippen molar-refractivity contribution in [2.45, 2.75) is 40.2 Å². The van der Waals surface area contributed by atoms with Gasteiger partial charge >= 0.3 is 0 Å². The van der Waals surface area contributed by atoms with Gasteiger partial charge in [0.2, 0.25) is 0 Å². The number of ether oxygens (including phenoxy) is 1. The van der Waals surface area contributed by atoms with E-state index in [1.807, 2.05) is 19.9 Å². The van der Waals surface area contributed by atoms with Gasteiger partial charge in [-0.1, -0.05) is 26.0 Å². The summed E-state index contributed by atoms with van der Waals surface area (Å²) in [5.41, 5.74) is 4.04. The lowest BCUT2D eigenvalue weighted by molar-refractivity contribution is 0.0992. The van der Waals surface area contributed by atoms with Gasteiger partial charge < -0.3 is 19.8 Å². The number of hydrogen-bond donors (Lipinski definition) is 2. The first kappa shape index (κ1) is 24.8. The van der Waals surface area contributed by atoms with E-state index in [1.54, 1.807) is 37.1 Å². The average Bonchev–Trinajstić information content (AvgIpc) is 3.53. The van der Waals surface area contributed by atoms with Crippen LogP contribution in [0.15, 0.2) is 47.1 Å². The van der Waals surface area contributed by atoms with Crippen molar-refractivity contribution in [2.75, 3.05) is 10.6 Å². The maximum Gasteiger partial charge on any atom is 0.291 e. The maximum absolute atomic E-state index is 12.9. The summed E-state index contributed by atoms with van der Waals surface area (Å²) < 4.78 is 14.8. The molecule has 0 fully saturated rings. The molecule has 0 saturated heterocycles. The van der Waals surface area contributed by atoms with E-state index in [9.17, 15) is 9.59 Å². The highest BCUT2D eigenvalue weighted by molar-refractivity contribution is 6.11. The van der Waals surface area contributed by atoms with E-state index in [-0.39, 0.29) is 23.7 Å². The topological polar surface area (TPSA) is 116 Å². The summed E-state index contributed by atoms with van der Waals surface area (Å²) in [5, 5.41) is 13.8. The van der Waals surface area contributed by atoms with Crippen molar-refractivity contribution in [1.82, 2.24) is 19.6 Å². The van der Waals surface area contributed by atoms with Crippen LogP contribution in [0, 0.1) is 13.8 Å². The molecule has 0 saturated carbocycles. The Morgan fingerprint density at radius 1 is 0.972 bits per heavy atom. The molecule has 10 heteroatoms. The summed E-state index contributed by atoms with van der Waals surface area (Å²) in [6, 6.07) is 9.38. The molecule has 0 radical (unpaired) electrons. The van der Waals surface area contributed by atoms with Crippen molar-refractivity contribution < 1.29 is 18.7 Å². The highest BCUT2D eigenvalue weighted by Gasteiger charge is 2.22. The molecule has 188 valence electrons. The second-order valence-corrected chi connectivity index (χ2v) is 8.96. The Bertz CT molecular complexity index is 1410. The molecule has 1 aromatic carbocycles. The first-order chi connectivity index (χ1) is 17.1. The number of benzene rings is 1. The van der Waals surface area contributed by atoms with Gasteiger partial charge in [-0.2, -0.15) is 10.2 Å². The Hall–Kier alpha value is -4.34. The fraction of sp³-hybridized carbons (Fsp3) is 0.308. The fourth-order valence-electron chi connectivity index (χ4n) is 3.76. The molecule has 0 spiro atoms. The number of aryl methyl sites for hydroxylation is 3. The van der Waals surface area contributed by atoms with E-state index in [4.69, 9.17) is 9.15 Å². The molecule has 0 aliphatic rings. The third-order valence-electron chi connectivity index (χ3n) is 5.93. The molecule has 4 rings (SSSR count). The molecule has 0 atom stereocenters. The molecule has 10 nitrogen and oxygen atoms in total. The second kappa shape index (κ2) is 10.1. The van der Waals surface area contributed by atoms with Crippen LogP contribution in [-0.2, 0) is 20.7 Å².